The fraction of sp³-hybridized carbons (Fsp3) is 0.500. The first kappa shape index (κ1) is 14.8. The predicted molar refractivity (Wildman–Crippen MR) is 78.9 cm³/mol. The Balaban J connectivity index is 1.74. The number of hydrogen-bond donors (Lipinski definition) is 0. The minimum absolute atomic E-state index is 0.0961. The van der Waals surface area contributed by atoms with E-state index in [0.717, 1.165) is 30.8 Å². The molecule has 2 rings (SSSR count). The number of nitrogens with zero attached hydrogens (tertiary/aromatic N) is 2. The molecule has 0 unspecified atom stereocenters. The van der Waals surface area contributed by atoms with Gasteiger partial charge in [0, 0.05) is 42.3 Å². The summed E-state index contributed by atoms with van der Waals surface area (Å²) in [6, 6.07) is 6.45. The highest BCUT2D eigenvalue weighted by Gasteiger charge is 2.15. The Labute approximate surface area is 122 Å². The second-order valence-electron chi connectivity index (χ2n) is 4.79. The van der Waals surface area contributed by atoms with Crippen LogP contribution in [0.5, 0.6) is 0 Å². The van der Waals surface area contributed by atoms with Gasteiger partial charge in [0.25, 0.3) is 5.69 Å². The normalized spacial score (nSPS) is 15.1. The van der Waals surface area contributed by atoms with Crippen LogP contribution in [-0.4, -0.2) is 34.6 Å². The number of rotatable bonds is 5. The van der Waals surface area contributed by atoms with E-state index in [-0.39, 0.29) is 11.6 Å². The lowest BCUT2D eigenvalue weighted by atomic mass is 10.1. The molecular formula is C14H18N2O3S. The summed E-state index contributed by atoms with van der Waals surface area (Å²) in [6.07, 6.45) is 3.98. The van der Waals surface area contributed by atoms with Gasteiger partial charge in [-0.05, 0) is 31.4 Å². The van der Waals surface area contributed by atoms with Crippen LogP contribution in [0.3, 0.4) is 0 Å². The van der Waals surface area contributed by atoms with E-state index in [0.29, 0.717) is 12.2 Å². The lowest BCUT2D eigenvalue weighted by molar-refractivity contribution is -0.384. The second-order valence-corrected chi connectivity index (χ2v) is 5.96. The Bertz CT molecular complexity index is 470. The van der Waals surface area contributed by atoms with Gasteiger partial charge in [0.05, 0.1) is 4.92 Å². The van der Waals surface area contributed by atoms with Gasteiger partial charge in [0.2, 0.25) is 5.91 Å². The van der Waals surface area contributed by atoms with Crippen molar-refractivity contribution < 1.29 is 9.72 Å². The topological polar surface area (TPSA) is 63.4 Å². The third kappa shape index (κ3) is 4.23. The van der Waals surface area contributed by atoms with Crippen molar-refractivity contribution in [1.82, 2.24) is 4.90 Å². The molecule has 0 aromatic heterocycles. The van der Waals surface area contributed by atoms with Crippen LogP contribution in [0.25, 0.3) is 0 Å². The van der Waals surface area contributed by atoms with Crippen LogP contribution in [0.2, 0.25) is 0 Å². The van der Waals surface area contributed by atoms with Crippen molar-refractivity contribution in [2.75, 3.05) is 18.8 Å². The maximum atomic E-state index is 12.0. The summed E-state index contributed by atoms with van der Waals surface area (Å²) >= 11 is 1.56. The van der Waals surface area contributed by atoms with Crippen molar-refractivity contribution in [3.05, 3.63) is 34.4 Å². The summed E-state index contributed by atoms with van der Waals surface area (Å²) in [5.41, 5.74) is 0.0961. The van der Waals surface area contributed by atoms with E-state index in [1.807, 2.05) is 4.90 Å². The number of nitro groups is 1. The Morgan fingerprint density at radius 2 is 1.85 bits per heavy atom. The molecule has 1 fully saturated rings. The molecular weight excluding hydrogens is 276 g/mol. The number of hydrogen-bond acceptors (Lipinski definition) is 4. The number of thioether (sulfide) groups is 1. The third-order valence-corrected chi connectivity index (χ3v) is 4.35. The largest absolute Gasteiger partial charge is 0.343 e. The summed E-state index contributed by atoms with van der Waals surface area (Å²) in [4.78, 5) is 25.0. The molecule has 0 bridgehead atoms. The summed E-state index contributed by atoms with van der Waals surface area (Å²) in [7, 11) is 0. The minimum Gasteiger partial charge on any atom is -0.343 e. The van der Waals surface area contributed by atoms with Crippen LogP contribution in [0.1, 0.15) is 25.7 Å². The highest BCUT2D eigenvalue weighted by atomic mass is 32.2. The number of carbonyl (C=O) groups excluding carboxylic acids is 1. The summed E-state index contributed by atoms with van der Waals surface area (Å²) in [5.74, 6) is 0.937. The summed E-state index contributed by atoms with van der Waals surface area (Å²) in [6.45, 7) is 1.78. The molecule has 0 N–H and O–H groups in total. The minimum atomic E-state index is -0.408. The summed E-state index contributed by atoms with van der Waals surface area (Å²) in [5, 5.41) is 10.5. The van der Waals surface area contributed by atoms with Crippen molar-refractivity contribution in [3.63, 3.8) is 0 Å². The monoisotopic (exact) mass is 294 g/mol. The van der Waals surface area contributed by atoms with Crippen LogP contribution in [0, 0.1) is 10.1 Å². The van der Waals surface area contributed by atoms with E-state index in [9.17, 15) is 14.9 Å². The van der Waals surface area contributed by atoms with Gasteiger partial charge in [-0.2, -0.15) is 0 Å². The van der Waals surface area contributed by atoms with Crippen molar-refractivity contribution in [2.45, 2.75) is 30.6 Å². The molecule has 1 saturated heterocycles. The van der Waals surface area contributed by atoms with Gasteiger partial charge >= 0.3 is 0 Å². The van der Waals surface area contributed by atoms with E-state index in [1.165, 1.54) is 18.6 Å². The molecule has 0 aliphatic carbocycles. The number of amides is 1. The molecule has 0 atom stereocenters. The van der Waals surface area contributed by atoms with Crippen LogP contribution in [0.15, 0.2) is 29.2 Å². The first-order valence-electron chi connectivity index (χ1n) is 6.82. The molecule has 1 aromatic carbocycles. The number of likely N-dealkylation sites (tertiary alicyclic amines) is 1. The van der Waals surface area contributed by atoms with Gasteiger partial charge in [-0.3, -0.25) is 14.9 Å². The van der Waals surface area contributed by atoms with Crippen molar-refractivity contribution in [1.29, 1.82) is 0 Å². The highest BCUT2D eigenvalue weighted by molar-refractivity contribution is 7.99. The van der Waals surface area contributed by atoms with E-state index < -0.39 is 4.92 Å². The molecule has 0 spiro atoms. The number of benzene rings is 1. The lowest BCUT2D eigenvalue weighted by Gasteiger charge is -2.26. The Hall–Kier alpha value is -1.56. The van der Waals surface area contributed by atoms with Crippen LogP contribution in [0.4, 0.5) is 5.69 Å². The molecule has 0 radical (unpaired) electrons. The first-order chi connectivity index (χ1) is 9.66. The molecule has 1 heterocycles. The number of carbonyl (C=O) groups is 1. The molecule has 20 heavy (non-hydrogen) atoms. The van der Waals surface area contributed by atoms with Gasteiger partial charge in [0.1, 0.15) is 0 Å². The molecule has 1 aliphatic rings. The maximum Gasteiger partial charge on any atom is 0.269 e. The fourth-order valence-electron chi connectivity index (χ4n) is 2.22. The van der Waals surface area contributed by atoms with E-state index >= 15 is 0 Å². The lowest BCUT2D eigenvalue weighted by Crippen LogP contribution is -2.35. The van der Waals surface area contributed by atoms with E-state index in [2.05, 4.69) is 0 Å². The third-order valence-electron chi connectivity index (χ3n) is 3.34. The van der Waals surface area contributed by atoms with Crippen molar-refractivity contribution >= 4 is 23.4 Å². The first-order valence-corrected chi connectivity index (χ1v) is 7.80. The standard InChI is InChI=1S/C14H18N2O3S/c17-14(15-9-2-1-3-10-15)8-11-20-13-6-4-12(5-7-13)16(18)19/h4-7H,1-3,8-11H2. The Morgan fingerprint density at radius 1 is 1.20 bits per heavy atom. The van der Waals surface area contributed by atoms with E-state index in [1.54, 1.807) is 23.9 Å². The Morgan fingerprint density at radius 3 is 2.45 bits per heavy atom. The number of piperidine rings is 1. The smallest absolute Gasteiger partial charge is 0.269 e. The second kappa shape index (κ2) is 7.28. The zero-order valence-electron chi connectivity index (χ0n) is 11.3. The quantitative estimate of drug-likeness (QED) is 0.475. The molecule has 1 aromatic rings. The van der Waals surface area contributed by atoms with Crippen LogP contribution in [-0.2, 0) is 4.79 Å². The average molecular weight is 294 g/mol. The van der Waals surface area contributed by atoms with Crippen LogP contribution < -0.4 is 0 Å². The predicted octanol–water partition coefficient (Wildman–Crippen LogP) is 3.09. The molecule has 1 amide bonds. The zero-order chi connectivity index (χ0) is 14.4. The van der Waals surface area contributed by atoms with Gasteiger partial charge in [-0.1, -0.05) is 0 Å². The highest BCUT2D eigenvalue weighted by Crippen LogP contribution is 2.22. The fourth-order valence-corrected chi connectivity index (χ4v) is 3.06. The van der Waals surface area contributed by atoms with Crippen molar-refractivity contribution in [3.8, 4) is 0 Å². The molecule has 108 valence electrons. The average Bonchev–Trinajstić information content (AvgIpc) is 2.48. The van der Waals surface area contributed by atoms with Gasteiger partial charge in [0.15, 0.2) is 0 Å². The zero-order valence-corrected chi connectivity index (χ0v) is 12.1. The maximum absolute atomic E-state index is 12.0. The Kier molecular flexibility index (Phi) is 5.40. The van der Waals surface area contributed by atoms with Gasteiger partial charge in [-0.15, -0.1) is 11.8 Å². The van der Waals surface area contributed by atoms with E-state index in [4.69, 9.17) is 0 Å². The molecule has 1 aliphatic heterocycles. The SMILES string of the molecule is O=C(CCSc1ccc([N+](=O)[O-])cc1)N1CCCCC1. The van der Waals surface area contributed by atoms with Gasteiger partial charge < -0.3 is 4.90 Å². The summed E-state index contributed by atoms with van der Waals surface area (Å²) < 4.78 is 0. The van der Waals surface area contributed by atoms with Crippen LogP contribution >= 0.6 is 11.8 Å². The van der Waals surface area contributed by atoms with Crippen molar-refractivity contribution in [2.24, 2.45) is 0 Å². The molecule has 0 saturated carbocycles. The molecule has 5 nitrogen and oxygen atoms in total. The molecule has 6 heteroatoms. The van der Waals surface area contributed by atoms with Gasteiger partial charge in [-0.25, -0.2) is 0 Å². The number of nitro benzene ring substituents is 1. The number of non-ortho nitro benzene ring substituents is 1.